The number of anilines is 6. The molecule has 0 fully saturated rings. The summed E-state index contributed by atoms with van der Waals surface area (Å²) in [4.78, 5) is 5.27. The number of hydrogen-bond donors (Lipinski definition) is 0. The van der Waals surface area contributed by atoms with Crippen molar-refractivity contribution in [2.75, 3.05) is 9.80 Å². The third-order valence-electron chi connectivity index (χ3n) is 17.3. The quantitative estimate of drug-likeness (QED) is 0.165. The summed E-state index contributed by atoms with van der Waals surface area (Å²) in [5.41, 5.74) is 27.2. The summed E-state index contributed by atoms with van der Waals surface area (Å²) in [5.74, 6) is 0. The Hall–Kier alpha value is -7.76. The zero-order chi connectivity index (χ0) is 50.7. The Bertz CT molecular complexity index is 4160. The smallest absolute Gasteiger partial charge is 0.252 e. The van der Waals surface area contributed by atoms with Gasteiger partial charge in [0.25, 0.3) is 6.71 Å². The van der Waals surface area contributed by atoms with Crippen molar-refractivity contribution in [1.29, 1.82) is 0 Å². The molecule has 2 aliphatic heterocycles. The second-order valence-electron chi connectivity index (χ2n) is 24.1. The summed E-state index contributed by atoms with van der Waals surface area (Å²) in [6.07, 6.45) is 2.25. The Morgan fingerprint density at radius 1 is 0.486 bits per heavy atom. The first kappa shape index (κ1) is 44.9. The van der Waals surface area contributed by atoms with E-state index in [-0.39, 0.29) is 23.0 Å². The fourth-order valence-corrected chi connectivity index (χ4v) is 13.6. The maximum Gasteiger partial charge on any atom is 0.252 e. The van der Waals surface area contributed by atoms with E-state index >= 15 is 0 Å². The molecule has 4 heterocycles. The van der Waals surface area contributed by atoms with Crippen LogP contribution in [0.3, 0.4) is 0 Å². The highest BCUT2D eigenvalue weighted by Crippen LogP contribution is 2.54. The van der Waals surface area contributed by atoms with Crippen LogP contribution in [0.1, 0.15) is 94.7 Å². The molecule has 0 radical (unpaired) electrons. The number of nitrogens with zero attached hydrogens (tertiary/aromatic N) is 2. The van der Waals surface area contributed by atoms with E-state index in [1.54, 1.807) is 0 Å². The van der Waals surface area contributed by atoms with Gasteiger partial charge in [-0.05, 0) is 177 Å². The van der Waals surface area contributed by atoms with Crippen LogP contribution in [0.25, 0.3) is 66.1 Å². The average molecular weight is 961 g/mol. The van der Waals surface area contributed by atoms with E-state index in [1.165, 1.54) is 94.8 Å². The predicted molar refractivity (Wildman–Crippen MR) is 314 cm³/mol. The highest BCUT2D eigenvalue weighted by Gasteiger charge is 2.48. The third-order valence-corrected chi connectivity index (χ3v) is 17.3. The van der Waals surface area contributed by atoms with E-state index in [0.29, 0.717) is 0 Å². The molecule has 74 heavy (non-hydrogen) atoms. The van der Waals surface area contributed by atoms with Crippen LogP contribution in [0.4, 0.5) is 34.1 Å². The van der Waals surface area contributed by atoms with Crippen LogP contribution in [-0.2, 0) is 16.2 Å². The first-order valence-corrected chi connectivity index (χ1v) is 26.6. The molecule has 5 heteroatoms. The van der Waals surface area contributed by atoms with Crippen molar-refractivity contribution >= 4 is 101 Å². The molecule has 0 saturated carbocycles. The van der Waals surface area contributed by atoms with E-state index in [4.69, 9.17) is 8.83 Å². The molecule has 0 spiro atoms. The van der Waals surface area contributed by atoms with Crippen LogP contribution in [0.15, 0.2) is 173 Å². The molecule has 9 aromatic carbocycles. The van der Waals surface area contributed by atoms with Crippen LogP contribution < -0.4 is 26.2 Å². The van der Waals surface area contributed by atoms with E-state index < -0.39 is 0 Å². The molecule has 0 amide bonds. The van der Waals surface area contributed by atoms with Gasteiger partial charge in [0.2, 0.25) is 0 Å². The SMILES string of the molecule is Cc1cc(C)c(-c2cc3c4c(c2)N(c2ccc(C(C)(C)C)cc2-c2ccccc2)c2c(ccc5oc6ccccc6c25)B4c2cc4c(cc2N3c2ccc3oc5ccccc5c3c2)C(C)(C)CCC4(C)C)c(C)c1. The molecule has 2 aromatic heterocycles. The van der Waals surface area contributed by atoms with Gasteiger partial charge in [0.15, 0.2) is 0 Å². The summed E-state index contributed by atoms with van der Waals surface area (Å²) >= 11 is 0. The standard InChI is InChI=1S/C69H61BN2O2/c1-40-32-41(2)63(42(3)33-40)44-34-57-65-58(35-44)72(55-27-24-45(67(4,5)6)36-49(55)43-18-12-11-13-19-43)66-53(26-29-62-64(66)48-21-15-17-23-60(48)74-62)70(65)54-38-51-52(69(9,10)31-30-68(51,7)8)39-56(54)71(57)46-25-28-61-50(37-46)47-20-14-16-22-59(47)73-61/h11-29,32-39H,30-31H2,1-10H3. The van der Waals surface area contributed by atoms with Gasteiger partial charge in [-0.15, -0.1) is 0 Å². The lowest BCUT2D eigenvalue weighted by atomic mass is 9.33. The van der Waals surface area contributed by atoms with Crippen LogP contribution in [-0.4, -0.2) is 6.71 Å². The minimum Gasteiger partial charge on any atom is -0.456 e. The van der Waals surface area contributed by atoms with Gasteiger partial charge in [-0.3, -0.25) is 0 Å². The van der Waals surface area contributed by atoms with Crippen molar-refractivity contribution in [2.24, 2.45) is 0 Å². The zero-order valence-electron chi connectivity index (χ0n) is 44.3. The first-order valence-electron chi connectivity index (χ1n) is 26.6. The second-order valence-corrected chi connectivity index (χ2v) is 24.1. The topological polar surface area (TPSA) is 32.8 Å². The van der Waals surface area contributed by atoms with Crippen molar-refractivity contribution in [1.82, 2.24) is 0 Å². The predicted octanol–water partition coefficient (Wildman–Crippen LogP) is 17.5. The van der Waals surface area contributed by atoms with Gasteiger partial charge >= 0.3 is 0 Å². The third kappa shape index (κ3) is 6.54. The van der Waals surface area contributed by atoms with Gasteiger partial charge in [-0.2, -0.15) is 0 Å². The molecule has 362 valence electrons. The number of para-hydroxylation sites is 2. The Labute approximate surface area is 435 Å². The van der Waals surface area contributed by atoms with Crippen molar-refractivity contribution in [2.45, 2.75) is 98.3 Å². The van der Waals surface area contributed by atoms with Crippen LogP contribution in [0.2, 0.25) is 0 Å². The van der Waals surface area contributed by atoms with Crippen LogP contribution in [0, 0.1) is 20.8 Å². The van der Waals surface area contributed by atoms with E-state index in [1.807, 2.05) is 0 Å². The van der Waals surface area contributed by atoms with Gasteiger partial charge in [0.1, 0.15) is 22.3 Å². The highest BCUT2D eigenvalue weighted by molar-refractivity contribution is 7.00. The molecule has 1 aliphatic carbocycles. The molecular formula is C69H61BN2O2. The molecule has 0 atom stereocenters. The Balaban J connectivity index is 1.19. The minimum atomic E-state index is -0.108. The Morgan fingerprint density at radius 3 is 1.81 bits per heavy atom. The van der Waals surface area contributed by atoms with Crippen LogP contribution >= 0.6 is 0 Å². The maximum atomic E-state index is 6.90. The van der Waals surface area contributed by atoms with Crippen LogP contribution in [0.5, 0.6) is 0 Å². The number of aryl methyl sites for hydroxylation is 3. The highest BCUT2D eigenvalue weighted by atomic mass is 16.3. The molecule has 0 N–H and O–H groups in total. The lowest BCUT2D eigenvalue weighted by Gasteiger charge is -2.48. The zero-order valence-corrected chi connectivity index (χ0v) is 44.3. The number of benzene rings is 9. The summed E-state index contributed by atoms with van der Waals surface area (Å²) in [5, 5.41) is 4.49. The lowest BCUT2D eigenvalue weighted by molar-refractivity contribution is 0.332. The van der Waals surface area contributed by atoms with Crippen molar-refractivity contribution in [3.63, 3.8) is 0 Å². The molecule has 11 aromatic rings. The normalized spacial score (nSPS) is 15.5. The molecule has 14 rings (SSSR count). The van der Waals surface area contributed by atoms with Gasteiger partial charge in [0.05, 0.1) is 16.8 Å². The van der Waals surface area contributed by atoms with Crippen molar-refractivity contribution in [3.05, 3.63) is 197 Å². The minimum absolute atomic E-state index is 0.0135. The van der Waals surface area contributed by atoms with Gasteiger partial charge in [0, 0.05) is 44.5 Å². The molecular weight excluding hydrogens is 900 g/mol. The van der Waals surface area contributed by atoms with Gasteiger partial charge in [-0.25, -0.2) is 0 Å². The largest absolute Gasteiger partial charge is 0.456 e. The summed E-state index contributed by atoms with van der Waals surface area (Å²) < 4.78 is 13.4. The maximum absolute atomic E-state index is 6.90. The van der Waals surface area contributed by atoms with E-state index in [9.17, 15) is 0 Å². The fourth-order valence-electron chi connectivity index (χ4n) is 13.6. The average Bonchev–Trinajstić information content (AvgIpc) is 3.95. The van der Waals surface area contributed by atoms with Crippen molar-refractivity contribution < 1.29 is 8.83 Å². The van der Waals surface area contributed by atoms with E-state index in [0.717, 1.165) is 68.1 Å². The van der Waals surface area contributed by atoms with Gasteiger partial charge in [-0.1, -0.05) is 151 Å². The summed E-state index contributed by atoms with van der Waals surface area (Å²) in [6.45, 7) is 23.5. The number of rotatable bonds is 4. The fraction of sp³-hybridized carbons (Fsp3) is 0.217. The Kier molecular flexibility index (Phi) is 9.49. The summed E-state index contributed by atoms with van der Waals surface area (Å²) in [6, 6.07) is 61.9. The molecule has 3 aliphatic rings. The van der Waals surface area contributed by atoms with Gasteiger partial charge < -0.3 is 18.6 Å². The molecule has 0 saturated heterocycles. The Morgan fingerprint density at radius 2 is 1.09 bits per heavy atom. The number of fused-ring (bicyclic) bond motifs is 12. The number of hydrogen-bond acceptors (Lipinski definition) is 4. The second kappa shape index (κ2) is 15.6. The van der Waals surface area contributed by atoms with E-state index in [2.05, 4.69) is 243 Å². The monoisotopic (exact) mass is 960 g/mol. The lowest BCUT2D eigenvalue weighted by Crippen LogP contribution is -2.62. The molecule has 4 nitrogen and oxygen atoms in total. The number of furan rings is 2. The first-order chi connectivity index (χ1) is 35.5. The molecule has 0 unspecified atom stereocenters. The van der Waals surface area contributed by atoms with Crippen molar-refractivity contribution in [3.8, 4) is 22.3 Å². The summed E-state index contributed by atoms with van der Waals surface area (Å²) in [7, 11) is 0. The molecule has 0 bridgehead atoms.